The van der Waals surface area contributed by atoms with Gasteiger partial charge in [-0.05, 0) is 42.3 Å². The van der Waals surface area contributed by atoms with Crippen LogP contribution in [0.15, 0.2) is 40.3 Å². The number of ether oxygens (including phenoxy) is 1. The van der Waals surface area contributed by atoms with Gasteiger partial charge in [-0.3, -0.25) is 0 Å². The molecule has 2 aromatic rings. The van der Waals surface area contributed by atoms with Crippen molar-refractivity contribution >= 4 is 38.5 Å². The molecule has 0 atom stereocenters. The average molecular weight is 369 g/mol. The van der Waals surface area contributed by atoms with Crippen molar-refractivity contribution in [1.82, 2.24) is 4.98 Å². The molecule has 1 amide bonds. The van der Waals surface area contributed by atoms with Crippen LogP contribution in [-0.2, 0) is 11.3 Å². The highest BCUT2D eigenvalue weighted by molar-refractivity contribution is 9.10. The van der Waals surface area contributed by atoms with Crippen LogP contribution in [-0.4, -0.2) is 16.7 Å². The van der Waals surface area contributed by atoms with Crippen molar-refractivity contribution in [3.63, 3.8) is 0 Å². The summed E-state index contributed by atoms with van der Waals surface area (Å²) in [6.45, 7) is 5.98. The van der Waals surface area contributed by atoms with E-state index in [2.05, 4.69) is 20.9 Å². The molecule has 0 saturated heterocycles. The van der Waals surface area contributed by atoms with Gasteiger partial charge in [-0.1, -0.05) is 30.3 Å². The second-order valence-electron chi connectivity index (χ2n) is 5.50. The first kappa shape index (κ1) is 16.0. The molecule has 0 fully saturated rings. The molecule has 0 saturated carbocycles. The first-order valence-corrected chi connectivity index (χ1v) is 8.18. The Morgan fingerprint density at radius 3 is 2.52 bits per heavy atom. The lowest BCUT2D eigenvalue weighted by atomic mass is 10.2. The zero-order chi connectivity index (χ0) is 15.5. The molecule has 1 aromatic carbocycles. The first-order chi connectivity index (χ1) is 9.85. The predicted octanol–water partition coefficient (Wildman–Crippen LogP) is 4.85. The summed E-state index contributed by atoms with van der Waals surface area (Å²) in [6.07, 6.45) is -0.395. The SMILES string of the molecule is CC(C)(C)OC(=O)N(Cc1ccccc1)c1nc(Br)cs1. The van der Waals surface area contributed by atoms with Crippen molar-refractivity contribution < 1.29 is 9.53 Å². The van der Waals surface area contributed by atoms with Gasteiger partial charge in [0.05, 0.1) is 6.54 Å². The molecule has 0 spiro atoms. The molecule has 112 valence electrons. The number of nitrogens with zero attached hydrogens (tertiary/aromatic N) is 2. The third kappa shape index (κ3) is 4.82. The van der Waals surface area contributed by atoms with Crippen LogP contribution in [0.1, 0.15) is 26.3 Å². The number of halogens is 1. The number of rotatable bonds is 3. The Balaban J connectivity index is 2.24. The lowest BCUT2D eigenvalue weighted by Crippen LogP contribution is -2.36. The number of thiazole rings is 1. The molecule has 21 heavy (non-hydrogen) atoms. The maximum absolute atomic E-state index is 12.4. The van der Waals surface area contributed by atoms with Gasteiger partial charge in [-0.25, -0.2) is 14.7 Å². The fraction of sp³-hybridized carbons (Fsp3) is 0.333. The molecule has 0 aliphatic carbocycles. The van der Waals surface area contributed by atoms with Crippen molar-refractivity contribution in [2.75, 3.05) is 4.90 Å². The van der Waals surface area contributed by atoms with E-state index in [9.17, 15) is 4.79 Å². The molecule has 4 nitrogen and oxygen atoms in total. The highest BCUT2D eigenvalue weighted by Gasteiger charge is 2.25. The summed E-state index contributed by atoms with van der Waals surface area (Å²) in [5.41, 5.74) is 0.482. The number of carbonyl (C=O) groups excluding carboxylic acids is 1. The molecular weight excluding hydrogens is 352 g/mol. The fourth-order valence-corrected chi connectivity index (χ4v) is 2.90. The summed E-state index contributed by atoms with van der Waals surface area (Å²) in [6, 6.07) is 9.78. The standard InChI is InChI=1S/C15H17BrN2O2S/c1-15(2,3)20-14(19)18(13-17-12(16)10-21-13)9-11-7-5-4-6-8-11/h4-8,10H,9H2,1-3H3. The fourth-order valence-electron chi connectivity index (χ4n) is 1.66. The van der Waals surface area contributed by atoms with E-state index in [1.165, 1.54) is 11.3 Å². The third-order valence-electron chi connectivity index (χ3n) is 2.49. The van der Waals surface area contributed by atoms with E-state index in [-0.39, 0.29) is 0 Å². The molecule has 1 aromatic heterocycles. The third-order valence-corrected chi connectivity index (χ3v) is 4.07. The Bertz CT molecular complexity index is 608. The Hall–Kier alpha value is -1.40. The largest absolute Gasteiger partial charge is 0.443 e. The summed E-state index contributed by atoms with van der Waals surface area (Å²) in [5, 5.41) is 2.46. The molecule has 0 unspecified atom stereocenters. The van der Waals surface area contributed by atoms with Crippen LogP contribution >= 0.6 is 27.3 Å². The second-order valence-corrected chi connectivity index (χ2v) is 7.15. The van der Waals surface area contributed by atoms with Crippen molar-refractivity contribution in [2.24, 2.45) is 0 Å². The minimum Gasteiger partial charge on any atom is -0.443 e. The number of benzene rings is 1. The maximum atomic E-state index is 12.4. The van der Waals surface area contributed by atoms with Crippen LogP contribution < -0.4 is 4.90 Å². The quantitative estimate of drug-likeness (QED) is 0.777. The monoisotopic (exact) mass is 368 g/mol. The van der Waals surface area contributed by atoms with E-state index in [0.29, 0.717) is 16.3 Å². The number of anilines is 1. The molecule has 1 heterocycles. The van der Waals surface area contributed by atoms with Crippen LogP contribution in [0.5, 0.6) is 0 Å². The van der Waals surface area contributed by atoms with Crippen LogP contribution in [0.25, 0.3) is 0 Å². The van der Waals surface area contributed by atoms with Crippen molar-refractivity contribution in [2.45, 2.75) is 32.9 Å². The van der Waals surface area contributed by atoms with E-state index in [4.69, 9.17) is 4.74 Å². The highest BCUT2D eigenvalue weighted by atomic mass is 79.9. The molecule has 0 N–H and O–H groups in total. The maximum Gasteiger partial charge on any atom is 0.416 e. The van der Waals surface area contributed by atoms with E-state index in [0.717, 1.165) is 5.56 Å². The normalized spacial score (nSPS) is 11.2. The number of aromatic nitrogens is 1. The van der Waals surface area contributed by atoms with E-state index < -0.39 is 11.7 Å². The van der Waals surface area contributed by atoms with Gasteiger partial charge in [-0.15, -0.1) is 11.3 Å². The van der Waals surface area contributed by atoms with Crippen LogP contribution in [0.3, 0.4) is 0 Å². The van der Waals surface area contributed by atoms with Gasteiger partial charge in [0.25, 0.3) is 0 Å². The minimum absolute atomic E-state index is 0.395. The topological polar surface area (TPSA) is 42.4 Å². The number of carbonyl (C=O) groups is 1. The van der Waals surface area contributed by atoms with E-state index in [1.54, 1.807) is 4.90 Å². The Labute approximate surface area is 136 Å². The van der Waals surface area contributed by atoms with Gasteiger partial charge in [-0.2, -0.15) is 0 Å². The molecule has 0 radical (unpaired) electrons. The Morgan fingerprint density at radius 2 is 2.00 bits per heavy atom. The van der Waals surface area contributed by atoms with Crippen molar-refractivity contribution in [3.05, 3.63) is 45.9 Å². The van der Waals surface area contributed by atoms with Crippen molar-refractivity contribution in [1.29, 1.82) is 0 Å². The summed E-state index contributed by atoms with van der Waals surface area (Å²) in [5.74, 6) is 0. The van der Waals surface area contributed by atoms with Gasteiger partial charge in [0, 0.05) is 5.38 Å². The Morgan fingerprint density at radius 1 is 1.33 bits per heavy atom. The van der Waals surface area contributed by atoms with Crippen LogP contribution in [0, 0.1) is 0 Å². The second kappa shape index (κ2) is 6.58. The van der Waals surface area contributed by atoms with Crippen LogP contribution in [0.4, 0.5) is 9.93 Å². The minimum atomic E-state index is -0.541. The van der Waals surface area contributed by atoms with E-state index in [1.807, 2.05) is 56.5 Å². The van der Waals surface area contributed by atoms with Gasteiger partial charge in [0.2, 0.25) is 0 Å². The summed E-state index contributed by atoms with van der Waals surface area (Å²) in [4.78, 5) is 18.3. The van der Waals surface area contributed by atoms with Crippen LogP contribution in [0.2, 0.25) is 0 Å². The molecule has 0 aliphatic rings. The number of amides is 1. The lowest BCUT2D eigenvalue weighted by molar-refractivity contribution is 0.0577. The zero-order valence-corrected chi connectivity index (χ0v) is 14.6. The first-order valence-electron chi connectivity index (χ1n) is 6.50. The summed E-state index contributed by atoms with van der Waals surface area (Å²) >= 11 is 4.72. The predicted molar refractivity (Wildman–Crippen MR) is 88.7 cm³/mol. The van der Waals surface area contributed by atoms with Gasteiger partial charge in [0.1, 0.15) is 10.2 Å². The zero-order valence-electron chi connectivity index (χ0n) is 12.2. The van der Waals surface area contributed by atoms with Gasteiger partial charge in [0.15, 0.2) is 5.13 Å². The molecule has 6 heteroatoms. The number of hydrogen-bond acceptors (Lipinski definition) is 4. The summed E-state index contributed by atoms with van der Waals surface area (Å²) < 4.78 is 6.19. The molecule has 0 aliphatic heterocycles. The lowest BCUT2D eigenvalue weighted by Gasteiger charge is -2.25. The molecular formula is C15H17BrN2O2S. The average Bonchev–Trinajstić information content (AvgIpc) is 2.81. The Kier molecular flexibility index (Phi) is 5.00. The van der Waals surface area contributed by atoms with E-state index >= 15 is 0 Å². The number of hydrogen-bond donors (Lipinski definition) is 0. The molecule has 0 bridgehead atoms. The summed E-state index contributed by atoms with van der Waals surface area (Å²) in [7, 11) is 0. The molecule has 2 rings (SSSR count). The highest BCUT2D eigenvalue weighted by Crippen LogP contribution is 2.26. The van der Waals surface area contributed by atoms with Gasteiger partial charge >= 0.3 is 6.09 Å². The van der Waals surface area contributed by atoms with Crippen molar-refractivity contribution in [3.8, 4) is 0 Å². The smallest absolute Gasteiger partial charge is 0.416 e. The van der Waals surface area contributed by atoms with Gasteiger partial charge < -0.3 is 4.74 Å².